The second kappa shape index (κ2) is 9.07. The summed E-state index contributed by atoms with van der Waals surface area (Å²) in [5.41, 5.74) is 4.90. The number of urea groups is 2. The SMILES string of the molecule is O=C(NNC(=O)C1CCC2CN1C(=O)N2OS(=O)(=O)[O-])Nc1ccccc1.[Na+]. The molecule has 1 aromatic rings. The molecule has 2 saturated heterocycles. The molecule has 3 N–H and O–H groups in total. The van der Waals surface area contributed by atoms with Crippen LogP contribution in [0.1, 0.15) is 12.8 Å². The first-order valence-corrected chi connectivity index (χ1v) is 9.25. The van der Waals surface area contributed by atoms with E-state index in [2.05, 4.69) is 20.5 Å². The summed E-state index contributed by atoms with van der Waals surface area (Å²) in [5, 5.41) is 2.98. The van der Waals surface area contributed by atoms with Crippen molar-refractivity contribution in [2.24, 2.45) is 0 Å². The van der Waals surface area contributed by atoms with Crippen LogP contribution < -0.4 is 45.7 Å². The Morgan fingerprint density at radius 2 is 1.82 bits per heavy atom. The number of fused-ring (bicyclic) bond motifs is 2. The summed E-state index contributed by atoms with van der Waals surface area (Å²) in [6, 6.07) is 5.38. The molecule has 2 aliphatic heterocycles. The number of hydroxylamine groups is 2. The van der Waals surface area contributed by atoms with Gasteiger partial charge in [0.25, 0.3) is 5.91 Å². The van der Waals surface area contributed by atoms with Crippen molar-refractivity contribution in [3.63, 3.8) is 0 Å². The average Bonchev–Trinajstić information content (AvgIpc) is 2.84. The van der Waals surface area contributed by atoms with Crippen LogP contribution in [0, 0.1) is 0 Å². The summed E-state index contributed by atoms with van der Waals surface area (Å²) in [6.45, 7) is 0.0304. The molecule has 1 aromatic carbocycles. The molecule has 0 radical (unpaired) electrons. The zero-order valence-electron chi connectivity index (χ0n) is 14.8. The first-order valence-electron chi connectivity index (χ1n) is 7.92. The van der Waals surface area contributed by atoms with E-state index >= 15 is 0 Å². The third-order valence-corrected chi connectivity index (χ3v) is 4.47. The number of carbonyl (C=O) groups is 3. The molecular weight excluding hydrogens is 405 g/mol. The molecule has 12 nitrogen and oxygen atoms in total. The molecule has 28 heavy (non-hydrogen) atoms. The standard InChI is InChI=1S/C14H17N5O7S.Na/c20-12(16-17-13(21)15-9-4-2-1-3-5-9)11-7-6-10-8-18(11)14(22)19(10)26-27(23,24)25;/h1-5,10-11H,6-8H2,(H,16,20)(H2,15,17,21)(H,23,24,25);/q;+1/p-1. The maximum Gasteiger partial charge on any atom is 1.00 e. The number of amides is 5. The summed E-state index contributed by atoms with van der Waals surface area (Å²) in [5.74, 6) is -0.656. The predicted octanol–water partition coefficient (Wildman–Crippen LogP) is -3.50. The molecule has 2 bridgehead atoms. The Labute approximate surface area is 182 Å². The van der Waals surface area contributed by atoms with Gasteiger partial charge in [0.1, 0.15) is 6.04 Å². The number of para-hydroxylation sites is 1. The number of nitrogens with one attached hydrogen (secondary N) is 3. The largest absolute Gasteiger partial charge is 1.00 e. The molecule has 0 aliphatic carbocycles. The first-order chi connectivity index (χ1) is 12.7. The van der Waals surface area contributed by atoms with Crippen LogP contribution in [-0.2, 0) is 19.5 Å². The molecule has 2 atom stereocenters. The van der Waals surface area contributed by atoms with E-state index in [1.165, 1.54) is 0 Å². The predicted molar refractivity (Wildman–Crippen MR) is 88.3 cm³/mol. The average molecular weight is 421 g/mol. The second-order valence-corrected chi connectivity index (χ2v) is 6.89. The van der Waals surface area contributed by atoms with Crippen LogP contribution in [0.5, 0.6) is 0 Å². The van der Waals surface area contributed by atoms with Gasteiger partial charge in [0.15, 0.2) is 0 Å². The monoisotopic (exact) mass is 421 g/mol. The number of piperidine rings is 1. The van der Waals surface area contributed by atoms with E-state index in [0.717, 1.165) is 4.90 Å². The van der Waals surface area contributed by atoms with Crippen LogP contribution >= 0.6 is 0 Å². The molecule has 0 aromatic heterocycles. The fourth-order valence-corrected chi connectivity index (χ4v) is 3.37. The summed E-state index contributed by atoms with van der Waals surface area (Å²) in [6.07, 6.45) is 0.467. The van der Waals surface area contributed by atoms with Gasteiger partial charge in [0.2, 0.25) is 10.4 Å². The van der Waals surface area contributed by atoms with E-state index in [-0.39, 0.29) is 48.9 Å². The van der Waals surface area contributed by atoms with Gasteiger partial charge in [-0.2, -0.15) is 9.35 Å². The first kappa shape index (κ1) is 22.4. The van der Waals surface area contributed by atoms with E-state index < -0.39 is 40.5 Å². The molecule has 3 rings (SSSR count). The summed E-state index contributed by atoms with van der Waals surface area (Å²) in [7, 11) is -5.11. The molecular formula is C14H16N5NaO7S. The van der Waals surface area contributed by atoms with Crippen molar-refractivity contribution < 1.29 is 61.2 Å². The minimum atomic E-state index is -5.11. The Balaban J connectivity index is 0.00000280. The van der Waals surface area contributed by atoms with Gasteiger partial charge in [-0.3, -0.25) is 10.2 Å². The van der Waals surface area contributed by atoms with Gasteiger partial charge in [-0.25, -0.2) is 23.4 Å². The summed E-state index contributed by atoms with van der Waals surface area (Å²) >= 11 is 0. The van der Waals surface area contributed by atoms with Crippen LogP contribution in [0.3, 0.4) is 0 Å². The van der Waals surface area contributed by atoms with Crippen molar-refractivity contribution in [2.45, 2.75) is 24.9 Å². The number of hydrogen-bond donors (Lipinski definition) is 3. The molecule has 0 saturated carbocycles. The van der Waals surface area contributed by atoms with E-state index in [1.807, 2.05) is 0 Å². The number of rotatable bonds is 4. The van der Waals surface area contributed by atoms with Gasteiger partial charge in [-0.15, -0.1) is 0 Å². The number of carbonyl (C=O) groups excluding carboxylic acids is 3. The Morgan fingerprint density at radius 3 is 2.46 bits per heavy atom. The number of anilines is 1. The molecule has 2 aliphatic rings. The van der Waals surface area contributed by atoms with E-state index in [1.54, 1.807) is 30.3 Å². The molecule has 146 valence electrons. The van der Waals surface area contributed by atoms with Crippen LogP contribution in [0.4, 0.5) is 15.3 Å². The van der Waals surface area contributed by atoms with Crippen molar-refractivity contribution in [3.8, 4) is 0 Å². The number of nitrogens with zero attached hydrogens (tertiary/aromatic N) is 2. The van der Waals surface area contributed by atoms with Gasteiger partial charge in [0.05, 0.1) is 6.04 Å². The fourth-order valence-electron chi connectivity index (χ4n) is 2.99. The Morgan fingerprint density at radius 1 is 1.14 bits per heavy atom. The maximum absolute atomic E-state index is 12.3. The quantitative estimate of drug-likeness (QED) is 0.197. The van der Waals surface area contributed by atoms with Gasteiger partial charge in [-0.05, 0) is 25.0 Å². The molecule has 5 amide bonds. The second-order valence-electron chi connectivity index (χ2n) is 5.92. The summed E-state index contributed by atoms with van der Waals surface area (Å²) in [4.78, 5) is 37.4. The molecule has 14 heteroatoms. The Bertz CT molecular complexity index is 853. The minimum Gasteiger partial charge on any atom is -0.724 e. The van der Waals surface area contributed by atoms with Crippen LogP contribution in [-0.4, -0.2) is 59.5 Å². The Hall–Kier alpha value is -1.90. The van der Waals surface area contributed by atoms with Crippen LogP contribution in [0.25, 0.3) is 0 Å². The topological polar surface area (TPSA) is 160 Å². The van der Waals surface area contributed by atoms with Crippen LogP contribution in [0.2, 0.25) is 0 Å². The normalized spacial score (nSPS) is 21.0. The van der Waals surface area contributed by atoms with Crippen molar-refractivity contribution in [2.75, 3.05) is 11.9 Å². The van der Waals surface area contributed by atoms with Crippen molar-refractivity contribution >= 4 is 34.1 Å². The molecule has 2 fully saturated rings. The smallest absolute Gasteiger partial charge is 0.724 e. The van der Waals surface area contributed by atoms with Gasteiger partial charge < -0.3 is 14.8 Å². The summed E-state index contributed by atoms with van der Waals surface area (Å²) < 4.78 is 36.4. The van der Waals surface area contributed by atoms with E-state index in [9.17, 15) is 27.4 Å². The maximum atomic E-state index is 12.3. The van der Waals surface area contributed by atoms with Gasteiger partial charge in [-0.1, -0.05) is 18.2 Å². The minimum absolute atomic E-state index is 0. The van der Waals surface area contributed by atoms with Gasteiger partial charge >= 0.3 is 41.6 Å². The zero-order valence-corrected chi connectivity index (χ0v) is 17.6. The van der Waals surface area contributed by atoms with Crippen molar-refractivity contribution in [3.05, 3.63) is 30.3 Å². The Kier molecular flexibility index (Phi) is 7.25. The molecule has 2 unspecified atom stereocenters. The number of hydrogen-bond acceptors (Lipinski definition) is 7. The van der Waals surface area contributed by atoms with E-state index in [4.69, 9.17) is 0 Å². The molecule has 2 heterocycles. The van der Waals surface area contributed by atoms with Crippen LogP contribution in [0.15, 0.2) is 30.3 Å². The third kappa shape index (κ3) is 5.33. The van der Waals surface area contributed by atoms with Gasteiger partial charge in [0, 0.05) is 12.2 Å². The number of benzene rings is 1. The zero-order chi connectivity index (χ0) is 19.6. The third-order valence-electron chi connectivity index (χ3n) is 4.13. The van der Waals surface area contributed by atoms with Crippen molar-refractivity contribution in [1.29, 1.82) is 0 Å². The molecule has 0 spiro atoms. The van der Waals surface area contributed by atoms with E-state index in [0.29, 0.717) is 10.8 Å². The van der Waals surface area contributed by atoms with Crippen molar-refractivity contribution in [1.82, 2.24) is 20.8 Å². The fraction of sp³-hybridized carbons (Fsp3) is 0.357. The number of hydrazine groups is 1.